The lowest BCUT2D eigenvalue weighted by Crippen LogP contribution is -2.28. The summed E-state index contributed by atoms with van der Waals surface area (Å²) in [6, 6.07) is 7.07. The molecule has 15 heavy (non-hydrogen) atoms. The summed E-state index contributed by atoms with van der Waals surface area (Å²) in [5, 5.41) is 0. The third-order valence-corrected chi connectivity index (χ3v) is 2.70. The molecule has 0 aliphatic rings. The maximum Gasteiger partial charge on any atom is 0.253 e. The minimum Gasteiger partial charge on any atom is -0.399 e. The van der Waals surface area contributed by atoms with Crippen LogP contribution in [0.25, 0.3) is 0 Å². The lowest BCUT2D eigenvalue weighted by atomic mass is 10.2. The molecule has 1 amide bonds. The maximum atomic E-state index is 11.9. The number of rotatable bonds is 4. The van der Waals surface area contributed by atoms with Crippen LogP contribution >= 0.6 is 11.8 Å². The zero-order valence-corrected chi connectivity index (χ0v) is 9.88. The molecule has 4 heteroatoms. The van der Waals surface area contributed by atoms with Crippen LogP contribution in [0.1, 0.15) is 10.4 Å². The van der Waals surface area contributed by atoms with E-state index >= 15 is 0 Å². The van der Waals surface area contributed by atoms with E-state index in [1.807, 2.05) is 13.3 Å². The first-order valence-electron chi connectivity index (χ1n) is 4.75. The molecule has 0 spiro atoms. The Labute approximate surface area is 94.6 Å². The van der Waals surface area contributed by atoms with Crippen LogP contribution in [0.3, 0.4) is 0 Å². The highest BCUT2D eigenvalue weighted by Gasteiger charge is 2.10. The minimum atomic E-state index is 0.0244. The fraction of sp³-hybridized carbons (Fsp3) is 0.364. The van der Waals surface area contributed by atoms with Gasteiger partial charge in [-0.15, -0.1) is 0 Å². The van der Waals surface area contributed by atoms with Crippen molar-refractivity contribution in [3.63, 3.8) is 0 Å². The van der Waals surface area contributed by atoms with E-state index in [-0.39, 0.29) is 5.91 Å². The molecule has 1 aromatic carbocycles. The fourth-order valence-electron chi connectivity index (χ4n) is 1.22. The molecule has 0 fully saturated rings. The first-order valence-corrected chi connectivity index (χ1v) is 6.14. The first-order chi connectivity index (χ1) is 7.15. The van der Waals surface area contributed by atoms with Crippen molar-refractivity contribution in [2.24, 2.45) is 0 Å². The summed E-state index contributed by atoms with van der Waals surface area (Å²) in [7, 11) is 1.81. The molecule has 0 heterocycles. The smallest absolute Gasteiger partial charge is 0.253 e. The van der Waals surface area contributed by atoms with Crippen LogP contribution in [0, 0.1) is 0 Å². The van der Waals surface area contributed by atoms with Gasteiger partial charge < -0.3 is 10.6 Å². The number of amides is 1. The molecule has 2 N–H and O–H groups in total. The van der Waals surface area contributed by atoms with Gasteiger partial charge in [0.2, 0.25) is 0 Å². The molecule has 0 aromatic heterocycles. The van der Waals surface area contributed by atoms with Gasteiger partial charge in [0.1, 0.15) is 0 Å². The standard InChI is InChI=1S/C11H16N2OS/c1-13(6-7-15-2)11(14)9-4-3-5-10(12)8-9/h3-5,8H,6-7,12H2,1-2H3. The normalized spacial score (nSPS) is 10.0. The van der Waals surface area contributed by atoms with Crippen molar-refractivity contribution in [2.75, 3.05) is 31.3 Å². The van der Waals surface area contributed by atoms with Crippen molar-refractivity contribution in [3.05, 3.63) is 29.8 Å². The Balaban J connectivity index is 2.67. The van der Waals surface area contributed by atoms with Crippen LogP contribution < -0.4 is 5.73 Å². The predicted molar refractivity (Wildman–Crippen MR) is 66.2 cm³/mol. The molecule has 0 atom stereocenters. The lowest BCUT2D eigenvalue weighted by Gasteiger charge is -2.16. The fourth-order valence-corrected chi connectivity index (χ4v) is 1.68. The summed E-state index contributed by atoms with van der Waals surface area (Å²) >= 11 is 1.73. The maximum absolute atomic E-state index is 11.9. The molecule has 0 saturated heterocycles. The SMILES string of the molecule is CSCCN(C)C(=O)c1cccc(N)c1. The highest BCUT2D eigenvalue weighted by molar-refractivity contribution is 7.98. The number of hydrogen-bond donors (Lipinski definition) is 1. The van der Waals surface area contributed by atoms with Crippen molar-refractivity contribution in [1.29, 1.82) is 0 Å². The van der Waals surface area contributed by atoms with Crippen LogP contribution in [0.15, 0.2) is 24.3 Å². The second kappa shape index (κ2) is 5.66. The Morgan fingerprint density at radius 2 is 2.27 bits per heavy atom. The summed E-state index contributed by atoms with van der Waals surface area (Å²) in [5.41, 5.74) is 6.90. The van der Waals surface area contributed by atoms with Gasteiger partial charge in [0.05, 0.1) is 0 Å². The van der Waals surface area contributed by atoms with E-state index in [0.717, 1.165) is 12.3 Å². The van der Waals surface area contributed by atoms with Gasteiger partial charge in [-0.05, 0) is 24.5 Å². The molecule has 1 rings (SSSR count). The van der Waals surface area contributed by atoms with Crippen molar-refractivity contribution in [3.8, 4) is 0 Å². The second-order valence-corrected chi connectivity index (χ2v) is 4.33. The highest BCUT2D eigenvalue weighted by atomic mass is 32.2. The zero-order chi connectivity index (χ0) is 11.3. The number of carbonyl (C=O) groups excluding carboxylic acids is 1. The van der Waals surface area contributed by atoms with Crippen LogP contribution in [-0.4, -0.2) is 36.4 Å². The Hall–Kier alpha value is -1.16. The molecule has 3 nitrogen and oxygen atoms in total. The van der Waals surface area contributed by atoms with E-state index in [2.05, 4.69) is 0 Å². The number of nitrogens with two attached hydrogens (primary N) is 1. The van der Waals surface area contributed by atoms with Crippen LogP contribution in [-0.2, 0) is 0 Å². The van der Waals surface area contributed by atoms with E-state index < -0.39 is 0 Å². The molecule has 0 saturated carbocycles. The summed E-state index contributed by atoms with van der Waals surface area (Å²) in [4.78, 5) is 13.6. The van der Waals surface area contributed by atoms with Gasteiger partial charge in [-0.2, -0.15) is 11.8 Å². The van der Waals surface area contributed by atoms with Crippen molar-refractivity contribution < 1.29 is 4.79 Å². The van der Waals surface area contributed by atoms with Gasteiger partial charge in [0.15, 0.2) is 0 Å². The van der Waals surface area contributed by atoms with Crippen LogP contribution in [0.5, 0.6) is 0 Å². The average Bonchev–Trinajstić information content (AvgIpc) is 2.24. The van der Waals surface area contributed by atoms with E-state index in [4.69, 9.17) is 5.73 Å². The van der Waals surface area contributed by atoms with E-state index in [0.29, 0.717) is 11.3 Å². The van der Waals surface area contributed by atoms with Crippen molar-refractivity contribution >= 4 is 23.4 Å². The molecule has 1 aromatic rings. The third kappa shape index (κ3) is 3.47. The first kappa shape index (κ1) is 11.9. The number of carbonyl (C=O) groups is 1. The average molecular weight is 224 g/mol. The Kier molecular flexibility index (Phi) is 4.49. The predicted octanol–water partition coefficient (Wildman–Crippen LogP) is 1.70. The summed E-state index contributed by atoms with van der Waals surface area (Å²) in [6.45, 7) is 0.759. The highest BCUT2D eigenvalue weighted by Crippen LogP contribution is 2.09. The number of nitrogen functional groups attached to an aromatic ring is 1. The Morgan fingerprint density at radius 3 is 2.87 bits per heavy atom. The Bertz CT molecular complexity index is 341. The largest absolute Gasteiger partial charge is 0.399 e. The number of anilines is 1. The quantitative estimate of drug-likeness (QED) is 0.792. The Morgan fingerprint density at radius 1 is 1.53 bits per heavy atom. The summed E-state index contributed by atoms with van der Waals surface area (Å²) in [5.74, 6) is 0.973. The molecular formula is C11H16N2OS. The molecule has 0 bridgehead atoms. The minimum absolute atomic E-state index is 0.0244. The van der Waals surface area contributed by atoms with Gasteiger partial charge >= 0.3 is 0 Å². The molecule has 0 aliphatic carbocycles. The molecule has 0 unspecified atom stereocenters. The van der Waals surface area contributed by atoms with Crippen molar-refractivity contribution in [1.82, 2.24) is 4.90 Å². The van der Waals surface area contributed by atoms with Gasteiger partial charge in [-0.1, -0.05) is 6.07 Å². The molecule has 0 aliphatic heterocycles. The molecule has 0 radical (unpaired) electrons. The monoisotopic (exact) mass is 224 g/mol. The number of benzene rings is 1. The second-order valence-electron chi connectivity index (χ2n) is 3.34. The van der Waals surface area contributed by atoms with E-state index in [1.54, 1.807) is 40.9 Å². The topological polar surface area (TPSA) is 46.3 Å². The van der Waals surface area contributed by atoms with Crippen LogP contribution in [0.4, 0.5) is 5.69 Å². The lowest BCUT2D eigenvalue weighted by molar-refractivity contribution is 0.0804. The molecular weight excluding hydrogens is 208 g/mol. The van der Waals surface area contributed by atoms with Gasteiger partial charge in [0, 0.05) is 30.6 Å². The molecule has 82 valence electrons. The van der Waals surface area contributed by atoms with Crippen molar-refractivity contribution in [2.45, 2.75) is 0 Å². The van der Waals surface area contributed by atoms with E-state index in [1.165, 1.54) is 0 Å². The third-order valence-electron chi connectivity index (χ3n) is 2.11. The van der Waals surface area contributed by atoms with Crippen LogP contribution in [0.2, 0.25) is 0 Å². The zero-order valence-electron chi connectivity index (χ0n) is 9.06. The van der Waals surface area contributed by atoms with Gasteiger partial charge in [-0.25, -0.2) is 0 Å². The summed E-state index contributed by atoms with van der Waals surface area (Å²) in [6.07, 6.45) is 2.03. The number of thioether (sulfide) groups is 1. The number of hydrogen-bond acceptors (Lipinski definition) is 3. The van der Waals surface area contributed by atoms with E-state index in [9.17, 15) is 4.79 Å². The van der Waals surface area contributed by atoms with Gasteiger partial charge in [0.25, 0.3) is 5.91 Å². The van der Waals surface area contributed by atoms with Gasteiger partial charge in [-0.3, -0.25) is 4.79 Å². The number of nitrogens with zero attached hydrogens (tertiary/aromatic N) is 1. The summed E-state index contributed by atoms with van der Waals surface area (Å²) < 4.78 is 0.